The second-order valence-electron chi connectivity index (χ2n) is 6.60. The van der Waals surface area contributed by atoms with Crippen LogP contribution < -0.4 is 11.0 Å². The Balaban J connectivity index is 1.56. The molecule has 1 amide bonds. The highest BCUT2D eigenvalue weighted by atomic mass is 35.5. The van der Waals surface area contributed by atoms with Crippen LogP contribution in [0.3, 0.4) is 0 Å². The lowest BCUT2D eigenvalue weighted by Gasteiger charge is -2.12. The van der Waals surface area contributed by atoms with Crippen LogP contribution in [0.5, 0.6) is 0 Å². The largest absolute Gasteiger partial charge is 0.272 e. The summed E-state index contributed by atoms with van der Waals surface area (Å²) in [6.07, 6.45) is 1.15. The number of fused-ring (bicyclic) bond motifs is 1. The maximum atomic E-state index is 13.8. The Morgan fingerprint density at radius 3 is 2.62 bits per heavy atom. The molecule has 0 saturated heterocycles. The molecule has 160 valence electrons. The number of benzene rings is 3. The van der Waals surface area contributed by atoms with Gasteiger partial charge >= 0.3 is 0 Å². The van der Waals surface area contributed by atoms with Crippen LogP contribution in [0.15, 0.2) is 87.8 Å². The van der Waals surface area contributed by atoms with Crippen LogP contribution in [0.25, 0.3) is 16.6 Å². The normalized spacial score (nSPS) is 11.2. The Kier molecular flexibility index (Phi) is 6.63. The van der Waals surface area contributed by atoms with E-state index in [4.69, 9.17) is 11.6 Å². The van der Waals surface area contributed by atoms with Crippen LogP contribution in [0.1, 0.15) is 5.56 Å². The standard InChI is InChI=1S/C23H16ClFN4O2S/c24-18-10-6-11-19(25)17(18)13-26-28-21(30)14-32-23-27-20-12-5-4-9-16(20)22(31)29(23)15-7-2-1-3-8-15/h1-13H,14H2,(H,28,30)/b26-13+. The molecular weight excluding hydrogens is 451 g/mol. The summed E-state index contributed by atoms with van der Waals surface area (Å²) in [5.41, 5.74) is 3.38. The zero-order chi connectivity index (χ0) is 22.5. The Bertz CT molecular complexity index is 1360. The van der Waals surface area contributed by atoms with Gasteiger partial charge in [-0.25, -0.2) is 14.8 Å². The fourth-order valence-corrected chi connectivity index (χ4v) is 4.00. The first kappa shape index (κ1) is 21.7. The number of amides is 1. The summed E-state index contributed by atoms with van der Waals surface area (Å²) in [7, 11) is 0. The van der Waals surface area contributed by atoms with Gasteiger partial charge in [0.2, 0.25) is 0 Å². The minimum Gasteiger partial charge on any atom is -0.272 e. The monoisotopic (exact) mass is 466 g/mol. The van der Waals surface area contributed by atoms with E-state index in [9.17, 15) is 14.0 Å². The summed E-state index contributed by atoms with van der Waals surface area (Å²) in [5.74, 6) is -1.04. The van der Waals surface area contributed by atoms with E-state index >= 15 is 0 Å². The summed E-state index contributed by atoms with van der Waals surface area (Å²) in [5, 5.41) is 4.81. The van der Waals surface area contributed by atoms with Crippen LogP contribution in [0.2, 0.25) is 5.02 Å². The van der Waals surface area contributed by atoms with Gasteiger partial charge in [0.1, 0.15) is 5.82 Å². The van der Waals surface area contributed by atoms with Crippen LogP contribution in [0, 0.1) is 5.82 Å². The van der Waals surface area contributed by atoms with E-state index in [-0.39, 0.29) is 21.9 Å². The molecule has 0 bridgehead atoms. The summed E-state index contributed by atoms with van der Waals surface area (Å²) in [6, 6.07) is 20.4. The number of hydrogen-bond acceptors (Lipinski definition) is 5. The Labute approximate surface area is 191 Å². The molecule has 0 saturated carbocycles. The quantitative estimate of drug-likeness (QED) is 0.197. The van der Waals surface area contributed by atoms with Crippen molar-refractivity contribution in [2.75, 3.05) is 5.75 Å². The van der Waals surface area contributed by atoms with Crippen molar-refractivity contribution in [3.63, 3.8) is 0 Å². The van der Waals surface area contributed by atoms with Gasteiger partial charge in [0, 0.05) is 5.56 Å². The van der Waals surface area contributed by atoms with Gasteiger partial charge in [-0.2, -0.15) is 5.10 Å². The van der Waals surface area contributed by atoms with Gasteiger partial charge in [-0.05, 0) is 36.4 Å². The Morgan fingerprint density at radius 1 is 1.09 bits per heavy atom. The van der Waals surface area contributed by atoms with E-state index < -0.39 is 11.7 Å². The summed E-state index contributed by atoms with van der Waals surface area (Å²) in [6.45, 7) is 0. The van der Waals surface area contributed by atoms with Crippen LogP contribution in [0.4, 0.5) is 4.39 Å². The highest BCUT2D eigenvalue weighted by Crippen LogP contribution is 2.21. The number of hydrogen-bond donors (Lipinski definition) is 1. The molecule has 0 spiro atoms. The molecular formula is C23H16ClFN4O2S. The molecule has 1 N–H and O–H groups in total. The van der Waals surface area contributed by atoms with Crippen molar-refractivity contribution < 1.29 is 9.18 Å². The Hall–Kier alpha value is -3.49. The van der Waals surface area contributed by atoms with Crippen LogP contribution >= 0.6 is 23.4 Å². The maximum absolute atomic E-state index is 13.8. The Morgan fingerprint density at radius 2 is 1.84 bits per heavy atom. The van der Waals surface area contributed by atoms with Crippen molar-refractivity contribution in [1.29, 1.82) is 0 Å². The smallest absolute Gasteiger partial charge is 0.266 e. The van der Waals surface area contributed by atoms with Gasteiger partial charge < -0.3 is 0 Å². The third-order valence-electron chi connectivity index (χ3n) is 4.47. The molecule has 0 aliphatic rings. The number of hydrazone groups is 1. The lowest BCUT2D eigenvalue weighted by molar-refractivity contribution is -0.118. The third-order valence-corrected chi connectivity index (χ3v) is 5.74. The number of nitrogens with one attached hydrogen (secondary N) is 1. The predicted molar refractivity (Wildman–Crippen MR) is 125 cm³/mol. The highest BCUT2D eigenvalue weighted by Gasteiger charge is 2.14. The highest BCUT2D eigenvalue weighted by molar-refractivity contribution is 7.99. The topological polar surface area (TPSA) is 76.3 Å². The van der Waals surface area contributed by atoms with Crippen LogP contribution in [-0.4, -0.2) is 27.4 Å². The second kappa shape index (κ2) is 9.76. The van der Waals surface area contributed by atoms with E-state index in [1.165, 1.54) is 22.8 Å². The SMILES string of the molecule is O=C(CSc1nc2ccccc2c(=O)n1-c1ccccc1)N/N=C/c1c(F)cccc1Cl. The molecule has 0 atom stereocenters. The van der Waals surface area contributed by atoms with E-state index in [0.717, 1.165) is 18.0 Å². The molecule has 1 heterocycles. The van der Waals surface area contributed by atoms with Crippen molar-refractivity contribution in [2.24, 2.45) is 5.10 Å². The lowest BCUT2D eigenvalue weighted by atomic mass is 10.2. The summed E-state index contributed by atoms with van der Waals surface area (Å²) in [4.78, 5) is 30.0. The number of halogens is 2. The average Bonchev–Trinajstić information content (AvgIpc) is 2.80. The van der Waals surface area contributed by atoms with Crippen LogP contribution in [-0.2, 0) is 4.79 Å². The molecule has 3 aromatic carbocycles. The molecule has 9 heteroatoms. The maximum Gasteiger partial charge on any atom is 0.266 e. The fraction of sp³-hybridized carbons (Fsp3) is 0.0435. The van der Waals surface area contributed by atoms with Gasteiger partial charge in [-0.3, -0.25) is 14.2 Å². The summed E-state index contributed by atoms with van der Waals surface area (Å²) >= 11 is 7.03. The van der Waals surface area contributed by atoms with Gasteiger partial charge in [-0.1, -0.05) is 59.8 Å². The van der Waals surface area contributed by atoms with E-state index in [2.05, 4.69) is 15.5 Å². The van der Waals surface area contributed by atoms with Gasteiger partial charge in [0.25, 0.3) is 11.5 Å². The number of carbonyl (C=O) groups excluding carboxylic acids is 1. The van der Waals surface area contributed by atoms with E-state index in [1.807, 2.05) is 18.2 Å². The van der Waals surface area contributed by atoms with Crippen molar-refractivity contribution in [1.82, 2.24) is 15.0 Å². The van der Waals surface area contributed by atoms with Gasteiger partial charge in [0.05, 0.1) is 33.6 Å². The second-order valence-corrected chi connectivity index (χ2v) is 7.95. The molecule has 0 aliphatic carbocycles. The number of aromatic nitrogens is 2. The molecule has 6 nitrogen and oxygen atoms in total. The molecule has 0 fully saturated rings. The lowest BCUT2D eigenvalue weighted by Crippen LogP contribution is -2.24. The van der Waals surface area contributed by atoms with Gasteiger partial charge in [-0.15, -0.1) is 0 Å². The molecule has 0 aliphatic heterocycles. The van der Waals surface area contributed by atoms with Crippen molar-refractivity contribution >= 4 is 46.4 Å². The first-order valence-electron chi connectivity index (χ1n) is 9.50. The predicted octanol–water partition coefficient (Wildman–Crippen LogP) is 4.42. The molecule has 4 aromatic rings. The van der Waals surface area contributed by atoms with Crippen molar-refractivity contribution in [3.8, 4) is 5.69 Å². The number of para-hydroxylation sites is 2. The number of nitrogens with zero attached hydrogens (tertiary/aromatic N) is 3. The average molecular weight is 467 g/mol. The zero-order valence-corrected chi connectivity index (χ0v) is 18.1. The molecule has 1 aromatic heterocycles. The minimum absolute atomic E-state index is 0.0556. The minimum atomic E-state index is -0.544. The first-order valence-corrected chi connectivity index (χ1v) is 10.9. The fourth-order valence-electron chi connectivity index (χ4n) is 2.98. The van der Waals surface area contributed by atoms with E-state index in [1.54, 1.807) is 36.4 Å². The van der Waals surface area contributed by atoms with Crippen molar-refractivity contribution in [3.05, 3.63) is 99.6 Å². The zero-order valence-electron chi connectivity index (χ0n) is 16.5. The number of thioether (sulfide) groups is 1. The molecule has 0 unspecified atom stereocenters. The molecule has 4 rings (SSSR count). The first-order chi connectivity index (χ1) is 15.5. The molecule has 32 heavy (non-hydrogen) atoms. The van der Waals surface area contributed by atoms with E-state index in [0.29, 0.717) is 21.7 Å². The van der Waals surface area contributed by atoms with Gasteiger partial charge in [0.15, 0.2) is 5.16 Å². The number of rotatable bonds is 6. The van der Waals surface area contributed by atoms with Crippen molar-refractivity contribution in [2.45, 2.75) is 5.16 Å². The summed E-state index contributed by atoms with van der Waals surface area (Å²) < 4.78 is 15.3. The molecule has 0 radical (unpaired) electrons. The number of carbonyl (C=O) groups is 1. The third kappa shape index (κ3) is 4.71.